The van der Waals surface area contributed by atoms with Crippen molar-refractivity contribution in [2.45, 2.75) is 24.8 Å². The Morgan fingerprint density at radius 1 is 1.16 bits per heavy atom. The minimum Gasteiger partial charge on any atom is -0.397 e. The molecule has 1 aliphatic rings. The molecule has 1 fully saturated rings. The van der Waals surface area contributed by atoms with Crippen LogP contribution in [0, 0.1) is 28.6 Å². The van der Waals surface area contributed by atoms with Crippen LogP contribution in [0.2, 0.25) is 0 Å². The van der Waals surface area contributed by atoms with Crippen LogP contribution in [-0.2, 0) is 5.54 Å². The molecule has 0 aliphatic heterocycles. The van der Waals surface area contributed by atoms with E-state index in [4.69, 9.17) is 15.8 Å². The molecule has 0 aromatic carbocycles. The Labute approximate surface area is 177 Å². The first-order valence-electron chi connectivity index (χ1n) is 9.79. The monoisotopic (exact) mass is 407 g/mol. The first kappa shape index (κ1) is 18.6. The van der Waals surface area contributed by atoms with Crippen LogP contribution < -0.4 is 5.73 Å². The van der Waals surface area contributed by atoms with E-state index in [9.17, 15) is 10.5 Å². The number of anilines is 1. The maximum Gasteiger partial charge on any atom is 0.113 e. The average molecular weight is 407 g/mol. The zero-order valence-electron chi connectivity index (χ0n) is 16.5. The summed E-state index contributed by atoms with van der Waals surface area (Å²) < 4.78 is 1.82. The van der Waals surface area contributed by atoms with Gasteiger partial charge in [-0.15, -0.1) is 5.10 Å². The van der Waals surface area contributed by atoms with Crippen LogP contribution in [0.25, 0.3) is 33.7 Å². The lowest BCUT2D eigenvalue weighted by Crippen LogP contribution is -2.46. The van der Waals surface area contributed by atoms with E-state index >= 15 is 0 Å². The van der Waals surface area contributed by atoms with Crippen LogP contribution >= 0.6 is 0 Å². The molecule has 0 radical (unpaired) electrons. The molecular formula is C22H17N9. The zero-order valence-corrected chi connectivity index (χ0v) is 16.5. The van der Waals surface area contributed by atoms with Crippen molar-refractivity contribution >= 4 is 16.6 Å². The summed E-state index contributed by atoms with van der Waals surface area (Å²) in [7, 11) is 0. The molecule has 9 heteroatoms. The molecular weight excluding hydrogens is 390 g/mol. The summed E-state index contributed by atoms with van der Waals surface area (Å²) in [6, 6.07) is 13.8. The van der Waals surface area contributed by atoms with Gasteiger partial charge in [0.1, 0.15) is 17.1 Å². The highest BCUT2D eigenvalue weighted by molar-refractivity contribution is 5.93. The Morgan fingerprint density at radius 3 is 2.81 bits per heavy atom. The molecule has 150 valence electrons. The number of nitrogens with two attached hydrogens (primary N) is 1. The molecule has 4 aromatic heterocycles. The molecule has 0 amide bonds. The topological polar surface area (TPSA) is 143 Å². The summed E-state index contributed by atoms with van der Waals surface area (Å²) in [6.07, 6.45) is 6.60. The standard InChI is InChI=1S/C22H17N9/c23-5-4-22(10-14(11-22)12-24)31-7-3-17(30-31)21-16-2-1-6-26-18(16)9-19(28-21)20-8-15(25)13-27-29-20/h1-3,6-9,13-14H,4,10-11H2,(H2,25,29)/t14-,22-. The van der Waals surface area contributed by atoms with Gasteiger partial charge in [0.15, 0.2) is 0 Å². The van der Waals surface area contributed by atoms with Crippen LogP contribution in [0.4, 0.5) is 5.69 Å². The van der Waals surface area contributed by atoms with Crippen molar-refractivity contribution in [2.75, 3.05) is 5.73 Å². The Hall–Kier alpha value is -4.37. The number of nitrogens with zero attached hydrogens (tertiary/aromatic N) is 8. The average Bonchev–Trinajstić information content (AvgIpc) is 3.25. The Morgan fingerprint density at radius 2 is 2.03 bits per heavy atom. The van der Waals surface area contributed by atoms with Gasteiger partial charge in [-0.2, -0.15) is 20.7 Å². The van der Waals surface area contributed by atoms with Crippen LogP contribution in [0.15, 0.2) is 48.9 Å². The number of pyridine rings is 2. The molecule has 0 atom stereocenters. The van der Waals surface area contributed by atoms with Gasteiger partial charge < -0.3 is 5.73 Å². The van der Waals surface area contributed by atoms with Crippen LogP contribution in [0.5, 0.6) is 0 Å². The largest absolute Gasteiger partial charge is 0.397 e. The fraction of sp³-hybridized carbons (Fsp3) is 0.227. The molecule has 2 N–H and O–H groups in total. The smallest absolute Gasteiger partial charge is 0.113 e. The SMILES string of the molecule is N#CC[C@]1(n2ccc(-c3nc(-c4cc(N)cnn4)cc4ncccc34)n2)C[C@H](C#N)C1. The van der Waals surface area contributed by atoms with E-state index in [2.05, 4.69) is 27.3 Å². The predicted octanol–water partition coefficient (Wildman–Crippen LogP) is 3.08. The number of fused-ring (bicyclic) bond motifs is 1. The summed E-state index contributed by atoms with van der Waals surface area (Å²) in [6.45, 7) is 0. The van der Waals surface area contributed by atoms with Gasteiger partial charge in [0.25, 0.3) is 0 Å². The zero-order chi connectivity index (χ0) is 21.4. The fourth-order valence-corrected chi connectivity index (χ4v) is 4.13. The third-order valence-electron chi connectivity index (χ3n) is 5.70. The molecule has 0 spiro atoms. The molecule has 1 saturated carbocycles. The van der Waals surface area contributed by atoms with Gasteiger partial charge in [-0.05, 0) is 43.2 Å². The lowest BCUT2D eigenvalue weighted by molar-refractivity contribution is 0.0884. The van der Waals surface area contributed by atoms with Crippen molar-refractivity contribution in [3.8, 4) is 34.9 Å². The second kappa shape index (κ2) is 7.15. The Bertz CT molecular complexity index is 1370. The summed E-state index contributed by atoms with van der Waals surface area (Å²) in [5.74, 6) is -0.0467. The molecule has 1 aliphatic carbocycles. The molecule has 31 heavy (non-hydrogen) atoms. The van der Waals surface area contributed by atoms with Crippen LogP contribution in [0.3, 0.4) is 0 Å². The van der Waals surface area contributed by atoms with Crippen molar-refractivity contribution in [3.63, 3.8) is 0 Å². The van der Waals surface area contributed by atoms with Crippen LogP contribution in [0.1, 0.15) is 19.3 Å². The van der Waals surface area contributed by atoms with E-state index in [1.54, 1.807) is 12.3 Å². The number of rotatable bonds is 4. The summed E-state index contributed by atoms with van der Waals surface area (Å²) in [5, 5.41) is 32.2. The lowest BCUT2D eigenvalue weighted by Gasteiger charge is -2.43. The number of nitrogen functional groups attached to an aromatic ring is 1. The Balaban J connectivity index is 1.63. The van der Waals surface area contributed by atoms with Crippen LogP contribution in [-0.4, -0.2) is 29.9 Å². The number of nitriles is 2. The minimum absolute atomic E-state index is 0.0467. The van der Waals surface area contributed by atoms with E-state index in [1.165, 1.54) is 6.20 Å². The van der Waals surface area contributed by atoms with Crippen molar-refractivity contribution in [1.29, 1.82) is 10.5 Å². The van der Waals surface area contributed by atoms with E-state index in [0.717, 1.165) is 10.9 Å². The molecule has 4 aromatic rings. The molecule has 9 nitrogen and oxygen atoms in total. The maximum atomic E-state index is 9.32. The number of aromatic nitrogens is 6. The highest BCUT2D eigenvalue weighted by Crippen LogP contribution is 2.46. The predicted molar refractivity (Wildman–Crippen MR) is 113 cm³/mol. The van der Waals surface area contributed by atoms with Gasteiger partial charge in [-0.25, -0.2) is 4.98 Å². The third kappa shape index (κ3) is 3.13. The van der Waals surface area contributed by atoms with Crippen molar-refractivity contribution in [1.82, 2.24) is 29.9 Å². The van der Waals surface area contributed by atoms with E-state index in [-0.39, 0.29) is 5.92 Å². The van der Waals surface area contributed by atoms with Crippen molar-refractivity contribution in [3.05, 3.63) is 48.9 Å². The van der Waals surface area contributed by atoms with E-state index in [1.807, 2.05) is 35.1 Å². The highest BCUT2D eigenvalue weighted by atomic mass is 15.3. The quantitative estimate of drug-likeness (QED) is 0.543. The van der Waals surface area contributed by atoms with Gasteiger partial charge in [0.05, 0.1) is 53.1 Å². The first-order chi connectivity index (χ1) is 15.1. The van der Waals surface area contributed by atoms with E-state index in [0.29, 0.717) is 47.7 Å². The first-order valence-corrected chi connectivity index (χ1v) is 9.79. The van der Waals surface area contributed by atoms with Gasteiger partial charge in [0.2, 0.25) is 0 Å². The van der Waals surface area contributed by atoms with Gasteiger partial charge in [-0.1, -0.05) is 0 Å². The molecule has 0 saturated heterocycles. The van der Waals surface area contributed by atoms with Gasteiger partial charge in [0, 0.05) is 17.8 Å². The van der Waals surface area contributed by atoms with Gasteiger partial charge >= 0.3 is 0 Å². The molecule has 0 bridgehead atoms. The summed E-state index contributed by atoms with van der Waals surface area (Å²) >= 11 is 0. The second-order valence-electron chi connectivity index (χ2n) is 7.74. The van der Waals surface area contributed by atoms with Crippen molar-refractivity contribution in [2.24, 2.45) is 5.92 Å². The van der Waals surface area contributed by atoms with E-state index < -0.39 is 5.54 Å². The molecule has 0 unspecified atom stereocenters. The fourth-order valence-electron chi connectivity index (χ4n) is 4.13. The van der Waals surface area contributed by atoms with Gasteiger partial charge in [-0.3, -0.25) is 9.67 Å². The summed E-state index contributed by atoms with van der Waals surface area (Å²) in [4.78, 5) is 9.28. The highest BCUT2D eigenvalue weighted by Gasteiger charge is 2.46. The molecule has 4 heterocycles. The molecule has 5 rings (SSSR count). The number of hydrogen-bond donors (Lipinski definition) is 1. The third-order valence-corrected chi connectivity index (χ3v) is 5.70. The second-order valence-corrected chi connectivity index (χ2v) is 7.74. The minimum atomic E-state index is -0.446. The maximum absolute atomic E-state index is 9.32. The number of hydrogen-bond acceptors (Lipinski definition) is 8. The normalized spacial score (nSPS) is 20.0. The Kier molecular flexibility index (Phi) is 4.30. The lowest BCUT2D eigenvalue weighted by atomic mass is 9.67. The van der Waals surface area contributed by atoms with Crippen molar-refractivity contribution < 1.29 is 0 Å². The summed E-state index contributed by atoms with van der Waals surface area (Å²) in [5.41, 5.74) is 9.13.